The second-order valence-electron chi connectivity index (χ2n) is 6.31. The highest BCUT2D eigenvalue weighted by molar-refractivity contribution is 5.99. The van der Waals surface area contributed by atoms with Crippen molar-refractivity contribution >= 4 is 11.8 Å². The molecule has 0 aliphatic carbocycles. The van der Waals surface area contributed by atoms with E-state index < -0.39 is 6.04 Å². The van der Waals surface area contributed by atoms with Gasteiger partial charge in [0, 0.05) is 30.4 Å². The number of H-pyrrole nitrogens is 1. The van der Waals surface area contributed by atoms with Crippen LogP contribution in [0.15, 0.2) is 60.9 Å². The lowest BCUT2D eigenvalue weighted by Crippen LogP contribution is -2.52. The molecule has 1 aromatic heterocycles. The molecule has 0 radical (unpaired) electrons. The van der Waals surface area contributed by atoms with Gasteiger partial charge >= 0.3 is 0 Å². The van der Waals surface area contributed by atoms with Crippen LogP contribution in [0.5, 0.6) is 0 Å². The Morgan fingerprint density at radius 3 is 2.70 bits per heavy atom. The Morgan fingerprint density at radius 2 is 1.96 bits per heavy atom. The second kappa shape index (κ2) is 7.03. The van der Waals surface area contributed by atoms with E-state index in [0.29, 0.717) is 24.2 Å². The Hall–Kier alpha value is -3.48. The maximum absolute atomic E-state index is 13.3. The van der Waals surface area contributed by atoms with Crippen molar-refractivity contribution in [2.24, 2.45) is 0 Å². The molecule has 2 heterocycles. The fourth-order valence-electron chi connectivity index (χ4n) is 3.27. The number of carbonyl (C=O) groups excluding carboxylic acids is 2. The molecule has 4 rings (SSSR count). The summed E-state index contributed by atoms with van der Waals surface area (Å²) in [6.07, 6.45) is 3.43. The topological polar surface area (TPSA) is 78.1 Å². The van der Waals surface area contributed by atoms with Crippen molar-refractivity contribution in [3.8, 4) is 11.1 Å². The van der Waals surface area contributed by atoms with Crippen LogP contribution in [-0.4, -0.2) is 40.0 Å². The van der Waals surface area contributed by atoms with Crippen molar-refractivity contribution in [1.29, 1.82) is 0 Å². The minimum absolute atomic E-state index is 0.246. The van der Waals surface area contributed by atoms with Crippen LogP contribution in [0.25, 0.3) is 11.1 Å². The molecule has 1 aliphatic rings. The second-order valence-corrected chi connectivity index (χ2v) is 6.31. The molecule has 0 unspecified atom stereocenters. The Kier molecular flexibility index (Phi) is 4.42. The van der Waals surface area contributed by atoms with E-state index in [0.717, 1.165) is 11.1 Å². The predicted octanol–water partition coefficient (Wildman–Crippen LogP) is 2.53. The number of amides is 2. The summed E-state index contributed by atoms with van der Waals surface area (Å²) in [5.74, 6) is -0.905. The first-order valence-corrected chi connectivity index (χ1v) is 8.57. The first-order chi connectivity index (χ1) is 13.1. The average Bonchev–Trinajstić information content (AvgIpc) is 3.23. The molecule has 1 aliphatic heterocycles. The first-order valence-electron chi connectivity index (χ1n) is 8.57. The molecule has 27 heavy (non-hydrogen) atoms. The number of halogens is 1. The van der Waals surface area contributed by atoms with Gasteiger partial charge < -0.3 is 10.2 Å². The van der Waals surface area contributed by atoms with E-state index in [1.165, 1.54) is 29.2 Å². The Labute approximate surface area is 155 Å². The van der Waals surface area contributed by atoms with E-state index in [1.807, 2.05) is 6.07 Å². The molecule has 6 nitrogen and oxygen atoms in total. The fourth-order valence-corrected chi connectivity index (χ4v) is 3.27. The summed E-state index contributed by atoms with van der Waals surface area (Å²) < 4.78 is 13.3. The molecule has 1 atom stereocenters. The zero-order chi connectivity index (χ0) is 18.8. The Bertz CT molecular complexity index is 970. The van der Waals surface area contributed by atoms with Crippen LogP contribution in [0, 0.1) is 5.82 Å². The third-order valence-corrected chi connectivity index (χ3v) is 4.60. The lowest BCUT2D eigenvalue weighted by molar-refractivity contribution is -0.128. The quantitative estimate of drug-likeness (QED) is 0.750. The van der Waals surface area contributed by atoms with Crippen LogP contribution < -0.4 is 5.32 Å². The molecule has 1 saturated heterocycles. The van der Waals surface area contributed by atoms with Crippen molar-refractivity contribution in [3.05, 3.63) is 77.9 Å². The van der Waals surface area contributed by atoms with Crippen LogP contribution in [0.4, 0.5) is 4.39 Å². The zero-order valence-electron chi connectivity index (χ0n) is 14.4. The molecular weight excluding hydrogens is 347 g/mol. The number of aromatic amines is 1. The van der Waals surface area contributed by atoms with Crippen LogP contribution in [0.3, 0.4) is 0 Å². The minimum atomic E-state index is -0.788. The Balaban J connectivity index is 1.67. The van der Waals surface area contributed by atoms with Crippen LogP contribution in [-0.2, 0) is 4.79 Å². The van der Waals surface area contributed by atoms with Crippen molar-refractivity contribution in [2.75, 3.05) is 13.1 Å². The van der Waals surface area contributed by atoms with Gasteiger partial charge in [0.05, 0.1) is 6.20 Å². The molecule has 7 heteroatoms. The molecule has 1 fully saturated rings. The molecule has 2 aromatic carbocycles. The molecule has 2 N–H and O–H groups in total. The lowest BCUT2D eigenvalue weighted by atomic mass is 10.00. The van der Waals surface area contributed by atoms with E-state index in [1.54, 1.807) is 30.6 Å². The number of benzene rings is 2. The average molecular weight is 364 g/mol. The van der Waals surface area contributed by atoms with Gasteiger partial charge in [-0.3, -0.25) is 14.7 Å². The number of piperazine rings is 1. The highest BCUT2D eigenvalue weighted by Crippen LogP contribution is 2.27. The van der Waals surface area contributed by atoms with Crippen LogP contribution in [0.1, 0.15) is 22.0 Å². The van der Waals surface area contributed by atoms with Gasteiger partial charge in [0.1, 0.15) is 11.9 Å². The largest absolute Gasteiger partial charge is 0.352 e. The van der Waals surface area contributed by atoms with Crippen molar-refractivity contribution in [3.63, 3.8) is 0 Å². The Morgan fingerprint density at radius 1 is 1.15 bits per heavy atom. The highest BCUT2D eigenvalue weighted by Gasteiger charge is 2.34. The maximum Gasteiger partial charge on any atom is 0.254 e. The number of nitrogens with one attached hydrogen (secondary N) is 2. The third-order valence-electron chi connectivity index (χ3n) is 4.60. The van der Waals surface area contributed by atoms with Gasteiger partial charge in [-0.15, -0.1) is 0 Å². The maximum atomic E-state index is 13.3. The van der Waals surface area contributed by atoms with Crippen molar-refractivity contribution in [1.82, 2.24) is 20.4 Å². The van der Waals surface area contributed by atoms with E-state index >= 15 is 0 Å². The molecule has 3 aromatic rings. The molecule has 0 spiro atoms. The van der Waals surface area contributed by atoms with Gasteiger partial charge in [-0.2, -0.15) is 5.10 Å². The third kappa shape index (κ3) is 3.31. The van der Waals surface area contributed by atoms with Gasteiger partial charge in [-0.05, 0) is 35.4 Å². The van der Waals surface area contributed by atoms with E-state index in [-0.39, 0.29) is 17.6 Å². The van der Waals surface area contributed by atoms with Gasteiger partial charge in [-0.25, -0.2) is 4.39 Å². The summed E-state index contributed by atoms with van der Waals surface area (Å²) in [4.78, 5) is 27.2. The van der Waals surface area contributed by atoms with Crippen LogP contribution >= 0.6 is 0 Å². The number of hydrogen-bond donors (Lipinski definition) is 2. The van der Waals surface area contributed by atoms with Crippen molar-refractivity contribution in [2.45, 2.75) is 6.04 Å². The number of carbonyl (C=O) groups is 2. The standard InChI is InChI=1S/C20H17FN4O2/c21-17-6-4-13(5-7-17)18-19(26)22-8-9-25(18)20(27)15-3-1-2-14(10-15)16-11-23-24-12-16/h1-7,10-12,18H,8-9H2,(H,22,26)(H,23,24)/t18-/m1/s1. The number of nitrogens with zero attached hydrogens (tertiary/aromatic N) is 2. The number of rotatable bonds is 3. The summed E-state index contributed by atoms with van der Waals surface area (Å²) in [6, 6.07) is 12.1. The van der Waals surface area contributed by atoms with Crippen LogP contribution in [0.2, 0.25) is 0 Å². The van der Waals surface area contributed by atoms with Gasteiger partial charge in [0.25, 0.3) is 5.91 Å². The van der Waals surface area contributed by atoms with Gasteiger partial charge in [-0.1, -0.05) is 24.3 Å². The molecule has 136 valence electrons. The lowest BCUT2D eigenvalue weighted by Gasteiger charge is -2.35. The van der Waals surface area contributed by atoms with E-state index in [2.05, 4.69) is 15.5 Å². The monoisotopic (exact) mass is 364 g/mol. The summed E-state index contributed by atoms with van der Waals surface area (Å²) in [5, 5.41) is 9.45. The predicted molar refractivity (Wildman–Crippen MR) is 97.2 cm³/mol. The van der Waals surface area contributed by atoms with Gasteiger partial charge in [0.2, 0.25) is 5.91 Å². The summed E-state index contributed by atoms with van der Waals surface area (Å²) in [5.41, 5.74) is 2.79. The summed E-state index contributed by atoms with van der Waals surface area (Å²) >= 11 is 0. The summed E-state index contributed by atoms with van der Waals surface area (Å²) in [7, 11) is 0. The van der Waals surface area contributed by atoms with Gasteiger partial charge in [0.15, 0.2) is 0 Å². The highest BCUT2D eigenvalue weighted by atomic mass is 19.1. The number of aromatic nitrogens is 2. The smallest absolute Gasteiger partial charge is 0.254 e. The fraction of sp³-hybridized carbons (Fsp3) is 0.150. The summed E-state index contributed by atoms with van der Waals surface area (Å²) in [6.45, 7) is 0.756. The van der Waals surface area contributed by atoms with E-state index in [4.69, 9.17) is 0 Å². The number of hydrogen-bond acceptors (Lipinski definition) is 3. The van der Waals surface area contributed by atoms with Crippen molar-refractivity contribution < 1.29 is 14.0 Å². The van der Waals surface area contributed by atoms with E-state index in [9.17, 15) is 14.0 Å². The zero-order valence-corrected chi connectivity index (χ0v) is 14.4. The molecular formula is C20H17FN4O2. The minimum Gasteiger partial charge on any atom is -0.352 e. The normalized spacial score (nSPS) is 16.9. The molecule has 0 saturated carbocycles. The SMILES string of the molecule is O=C1NCCN(C(=O)c2cccc(-c3cn[nH]c3)c2)[C@@H]1c1ccc(F)cc1. The molecule has 0 bridgehead atoms. The molecule has 2 amide bonds. The first kappa shape index (κ1) is 17.0.